The number of fused-ring (bicyclic) bond motifs is 1. The standard InChI is InChI=1S/C23H29N5O6S2/c1-2-8-27-9-7-17-18(14-27)35-22(19(17)21(30)26-23(24)31)25-20(29)15-3-5-16(6-4-15)36(32,33)28-10-12-34-13-11-28/h3-6H,2,7-14H2,1H3,(H,25,29)(H3,24,26,30,31). The molecule has 4 rings (SSSR count). The molecule has 2 aliphatic heterocycles. The third kappa shape index (κ3) is 5.60. The van der Waals surface area contributed by atoms with Crippen LogP contribution in [0.15, 0.2) is 29.2 Å². The molecule has 4 N–H and O–H groups in total. The molecule has 2 aromatic rings. The smallest absolute Gasteiger partial charge is 0.319 e. The summed E-state index contributed by atoms with van der Waals surface area (Å²) in [4.78, 5) is 40.5. The number of rotatable bonds is 7. The van der Waals surface area contributed by atoms with Gasteiger partial charge in [0.05, 0.1) is 23.7 Å². The Morgan fingerprint density at radius 3 is 2.42 bits per heavy atom. The molecule has 1 saturated heterocycles. The molecule has 0 radical (unpaired) electrons. The zero-order chi connectivity index (χ0) is 25.9. The van der Waals surface area contributed by atoms with Crippen molar-refractivity contribution in [1.82, 2.24) is 14.5 Å². The predicted molar refractivity (Wildman–Crippen MR) is 135 cm³/mol. The number of hydrogen-bond acceptors (Lipinski definition) is 8. The fourth-order valence-corrected chi connectivity index (χ4v) is 7.05. The van der Waals surface area contributed by atoms with Crippen molar-refractivity contribution >= 4 is 44.2 Å². The first-order valence-electron chi connectivity index (χ1n) is 11.7. The number of primary amides is 1. The van der Waals surface area contributed by atoms with Gasteiger partial charge in [-0.2, -0.15) is 4.31 Å². The lowest BCUT2D eigenvalue weighted by Crippen LogP contribution is -2.40. The molecule has 194 valence electrons. The summed E-state index contributed by atoms with van der Waals surface area (Å²) in [7, 11) is -3.68. The highest BCUT2D eigenvalue weighted by molar-refractivity contribution is 7.89. The number of hydrogen-bond donors (Lipinski definition) is 3. The van der Waals surface area contributed by atoms with Crippen LogP contribution in [-0.2, 0) is 27.7 Å². The molecule has 3 heterocycles. The van der Waals surface area contributed by atoms with Crippen LogP contribution >= 0.6 is 11.3 Å². The van der Waals surface area contributed by atoms with Crippen molar-refractivity contribution in [2.45, 2.75) is 31.2 Å². The fourth-order valence-electron chi connectivity index (χ4n) is 4.36. The number of thiophene rings is 1. The van der Waals surface area contributed by atoms with Crippen LogP contribution in [0, 0.1) is 0 Å². The Morgan fingerprint density at radius 1 is 1.08 bits per heavy atom. The van der Waals surface area contributed by atoms with E-state index in [1.54, 1.807) is 0 Å². The van der Waals surface area contributed by atoms with Gasteiger partial charge in [0.2, 0.25) is 10.0 Å². The number of ether oxygens (including phenoxy) is 1. The van der Waals surface area contributed by atoms with Crippen molar-refractivity contribution in [3.63, 3.8) is 0 Å². The molecular weight excluding hydrogens is 506 g/mol. The van der Waals surface area contributed by atoms with Crippen molar-refractivity contribution in [3.05, 3.63) is 45.8 Å². The maximum Gasteiger partial charge on any atom is 0.319 e. The number of morpholine rings is 1. The van der Waals surface area contributed by atoms with Crippen LogP contribution < -0.4 is 16.4 Å². The normalized spacial score (nSPS) is 16.8. The molecule has 0 unspecified atom stereocenters. The molecular formula is C23H29N5O6S2. The van der Waals surface area contributed by atoms with E-state index >= 15 is 0 Å². The average molecular weight is 536 g/mol. The van der Waals surface area contributed by atoms with Crippen LogP contribution in [0.4, 0.5) is 9.80 Å². The van der Waals surface area contributed by atoms with Gasteiger partial charge in [0.25, 0.3) is 11.8 Å². The second kappa shape index (κ2) is 11.0. The Bertz CT molecular complexity index is 1250. The summed E-state index contributed by atoms with van der Waals surface area (Å²) >= 11 is 1.30. The lowest BCUT2D eigenvalue weighted by molar-refractivity contribution is 0.0730. The SMILES string of the molecule is CCCN1CCc2c(sc(NC(=O)c3ccc(S(=O)(=O)N4CCOCC4)cc3)c2C(=O)NC(N)=O)C1. The number of urea groups is 1. The minimum absolute atomic E-state index is 0.0880. The number of carbonyl (C=O) groups excluding carboxylic acids is 3. The number of sulfonamides is 1. The van der Waals surface area contributed by atoms with E-state index in [9.17, 15) is 22.8 Å². The third-order valence-corrected chi connectivity index (χ3v) is 9.14. The van der Waals surface area contributed by atoms with Crippen LogP contribution in [-0.4, -0.2) is 74.9 Å². The molecule has 2 aliphatic rings. The van der Waals surface area contributed by atoms with E-state index in [2.05, 4.69) is 22.5 Å². The number of anilines is 1. The quantitative estimate of drug-likeness (QED) is 0.487. The zero-order valence-corrected chi connectivity index (χ0v) is 21.5. The summed E-state index contributed by atoms with van der Waals surface area (Å²) in [5.74, 6) is -1.16. The molecule has 1 aromatic carbocycles. The van der Waals surface area contributed by atoms with Crippen molar-refractivity contribution in [2.75, 3.05) is 44.7 Å². The van der Waals surface area contributed by atoms with Crippen LogP contribution in [0.1, 0.15) is 44.5 Å². The van der Waals surface area contributed by atoms with Gasteiger partial charge in [-0.1, -0.05) is 6.92 Å². The summed E-state index contributed by atoms with van der Waals surface area (Å²) < 4.78 is 32.2. The highest BCUT2D eigenvalue weighted by Crippen LogP contribution is 2.37. The highest BCUT2D eigenvalue weighted by atomic mass is 32.2. The monoisotopic (exact) mass is 535 g/mol. The number of imide groups is 1. The van der Waals surface area contributed by atoms with E-state index in [1.165, 1.54) is 39.9 Å². The van der Waals surface area contributed by atoms with Crippen molar-refractivity contribution in [1.29, 1.82) is 0 Å². The van der Waals surface area contributed by atoms with Crippen molar-refractivity contribution in [2.24, 2.45) is 5.73 Å². The summed E-state index contributed by atoms with van der Waals surface area (Å²) in [5.41, 5.74) is 6.43. The van der Waals surface area contributed by atoms with Gasteiger partial charge in [0.15, 0.2) is 0 Å². The molecule has 1 aromatic heterocycles. The molecule has 36 heavy (non-hydrogen) atoms. The van der Waals surface area contributed by atoms with Crippen molar-refractivity contribution in [3.8, 4) is 0 Å². The molecule has 11 nitrogen and oxygen atoms in total. The minimum Gasteiger partial charge on any atom is -0.379 e. The number of nitrogens with one attached hydrogen (secondary N) is 2. The first-order chi connectivity index (χ1) is 17.2. The lowest BCUT2D eigenvalue weighted by atomic mass is 10.0. The topological polar surface area (TPSA) is 151 Å². The van der Waals surface area contributed by atoms with Gasteiger partial charge < -0.3 is 15.8 Å². The summed E-state index contributed by atoms with van der Waals surface area (Å²) in [5, 5.41) is 5.21. The molecule has 0 atom stereocenters. The number of carbonyl (C=O) groups is 3. The summed E-state index contributed by atoms with van der Waals surface area (Å²) in [6.45, 7) is 5.66. The van der Waals surface area contributed by atoms with E-state index in [0.717, 1.165) is 30.0 Å². The molecule has 0 bridgehead atoms. The number of amides is 4. The van der Waals surface area contributed by atoms with E-state index in [0.29, 0.717) is 31.2 Å². The third-order valence-electron chi connectivity index (χ3n) is 6.09. The highest BCUT2D eigenvalue weighted by Gasteiger charge is 2.30. The molecule has 0 aliphatic carbocycles. The maximum atomic E-state index is 13.0. The van der Waals surface area contributed by atoms with E-state index < -0.39 is 27.9 Å². The van der Waals surface area contributed by atoms with Crippen LogP contribution in [0.2, 0.25) is 0 Å². The zero-order valence-electron chi connectivity index (χ0n) is 19.9. The summed E-state index contributed by atoms with van der Waals surface area (Å²) in [6.07, 6.45) is 1.61. The van der Waals surface area contributed by atoms with E-state index in [-0.39, 0.29) is 29.1 Å². The molecule has 0 saturated carbocycles. The first-order valence-corrected chi connectivity index (χ1v) is 13.9. The van der Waals surface area contributed by atoms with E-state index in [1.807, 2.05) is 0 Å². The second-order valence-corrected chi connectivity index (χ2v) is 11.6. The van der Waals surface area contributed by atoms with Gasteiger partial charge in [-0.3, -0.25) is 19.8 Å². The van der Waals surface area contributed by atoms with Gasteiger partial charge in [-0.05, 0) is 49.2 Å². The van der Waals surface area contributed by atoms with Crippen molar-refractivity contribution < 1.29 is 27.5 Å². The van der Waals surface area contributed by atoms with Gasteiger partial charge >= 0.3 is 6.03 Å². The van der Waals surface area contributed by atoms with Crippen LogP contribution in [0.5, 0.6) is 0 Å². The number of nitrogens with two attached hydrogens (primary N) is 1. The van der Waals surface area contributed by atoms with E-state index in [4.69, 9.17) is 10.5 Å². The second-order valence-electron chi connectivity index (χ2n) is 8.55. The van der Waals surface area contributed by atoms with Gasteiger partial charge in [0, 0.05) is 36.6 Å². The predicted octanol–water partition coefficient (Wildman–Crippen LogP) is 1.60. The Labute approximate surface area is 213 Å². The Hall–Kier alpha value is -2.84. The Balaban J connectivity index is 1.56. The molecule has 0 spiro atoms. The minimum atomic E-state index is -3.68. The lowest BCUT2D eigenvalue weighted by Gasteiger charge is -2.26. The van der Waals surface area contributed by atoms with Gasteiger partial charge in [-0.25, -0.2) is 13.2 Å². The molecule has 4 amide bonds. The number of benzene rings is 1. The Kier molecular flexibility index (Phi) is 8.05. The van der Waals surface area contributed by atoms with Gasteiger partial charge in [0.1, 0.15) is 5.00 Å². The molecule has 13 heteroatoms. The van der Waals surface area contributed by atoms with Crippen LogP contribution in [0.25, 0.3) is 0 Å². The van der Waals surface area contributed by atoms with Crippen LogP contribution in [0.3, 0.4) is 0 Å². The van der Waals surface area contributed by atoms with Gasteiger partial charge in [-0.15, -0.1) is 11.3 Å². The number of nitrogens with zero attached hydrogens (tertiary/aromatic N) is 2. The average Bonchev–Trinajstić information content (AvgIpc) is 3.21. The largest absolute Gasteiger partial charge is 0.379 e. The Morgan fingerprint density at radius 2 is 1.78 bits per heavy atom. The fraction of sp³-hybridized carbons (Fsp3) is 0.435. The first kappa shape index (κ1) is 26.2. The summed E-state index contributed by atoms with van der Waals surface area (Å²) in [6, 6.07) is 4.67. The maximum absolute atomic E-state index is 13.0. The molecule has 1 fully saturated rings.